The first kappa shape index (κ1) is 19.4. The molecule has 1 saturated heterocycles. The maximum absolute atomic E-state index is 9.71. The molecule has 3 heterocycles. The van der Waals surface area contributed by atoms with E-state index in [9.17, 15) is 10.2 Å². The van der Waals surface area contributed by atoms with Gasteiger partial charge in [0.05, 0.1) is 6.10 Å². The van der Waals surface area contributed by atoms with Crippen LogP contribution in [0.2, 0.25) is 0 Å². The molecule has 3 aromatic rings. The molecule has 0 aliphatic carbocycles. The lowest BCUT2D eigenvalue weighted by molar-refractivity contribution is 0.145. The molecule has 150 valence electrons. The number of phenolic OH excluding ortho intramolecular Hbond substituents is 1. The number of hydrogen-bond acceptors (Lipinski definition) is 8. The number of aromatic hydroxyl groups is 1. The molecule has 1 fully saturated rings. The highest BCUT2D eigenvalue weighted by Crippen LogP contribution is 2.26. The summed E-state index contributed by atoms with van der Waals surface area (Å²) in [7, 11) is 0. The number of aliphatic hydroxyl groups excluding tert-OH is 1. The maximum atomic E-state index is 9.71. The van der Waals surface area contributed by atoms with Crippen molar-refractivity contribution in [1.29, 1.82) is 0 Å². The van der Waals surface area contributed by atoms with Crippen LogP contribution in [0.1, 0.15) is 29.1 Å². The number of nitrogens with one attached hydrogen (secondary N) is 1. The smallest absolute Gasteiger partial charge is 0.188 e. The van der Waals surface area contributed by atoms with Crippen LogP contribution in [0.25, 0.3) is 12.2 Å². The zero-order valence-corrected chi connectivity index (χ0v) is 16.9. The van der Waals surface area contributed by atoms with E-state index in [4.69, 9.17) is 0 Å². The van der Waals surface area contributed by atoms with Crippen molar-refractivity contribution in [1.82, 2.24) is 15.0 Å². The molecular formula is C21H23N5O2S. The van der Waals surface area contributed by atoms with Gasteiger partial charge in [-0.25, -0.2) is 15.0 Å². The number of hydrogen-bond donors (Lipinski definition) is 3. The number of benzene rings is 1. The second-order valence-electron chi connectivity index (χ2n) is 7.00. The van der Waals surface area contributed by atoms with Crippen LogP contribution in [0.3, 0.4) is 0 Å². The van der Waals surface area contributed by atoms with E-state index in [-0.39, 0.29) is 11.9 Å². The number of aromatic nitrogens is 3. The fourth-order valence-corrected chi connectivity index (χ4v) is 3.94. The van der Waals surface area contributed by atoms with Gasteiger partial charge in [0.2, 0.25) is 0 Å². The molecule has 0 radical (unpaired) electrons. The number of aryl methyl sites for hydroxylation is 1. The van der Waals surface area contributed by atoms with Gasteiger partial charge in [-0.3, -0.25) is 0 Å². The summed E-state index contributed by atoms with van der Waals surface area (Å²) >= 11 is 1.52. The zero-order chi connectivity index (χ0) is 20.2. The highest BCUT2D eigenvalue weighted by atomic mass is 32.1. The second kappa shape index (κ2) is 8.59. The largest absolute Gasteiger partial charge is 0.508 e. The van der Waals surface area contributed by atoms with E-state index in [0.717, 1.165) is 47.3 Å². The van der Waals surface area contributed by atoms with Crippen molar-refractivity contribution in [2.45, 2.75) is 25.9 Å². The summed E-state index contributed by atoms with van der Waals surface area (Å²) in [5, 5.41) is 23.3. The first-order valence-corrected chi connectivity index (χ1v) is 10.4. The summed E-state index contributed by atoms with van der Waals surface area (Å²) in [6, 6.07) is 9.03. The molecule has 0 amide bonds. The Labute approximate surface area is 173 Å². The van der Waals surface area contributed by atoms with E-state index in [1.54, 1.807) is 18.3 Å². The lowest BCUT2D eigenvalue weighted by Gasteiger charge is -2.30. The van der Waals surface area contributed by atoms with Gasteiger partial charge in [0.25, 0.3) is 0 Å². The molecule has 4 rings (SSSR count). The summed E-state index contributed by atoms with van der Waals surface area (Å²) in [5.41, 5.74) is 0.927. The fraction of sp³-hybridized carbons (Fsp3) is 0.286. The van der Waals surface area contributed by atoms with E-state index in [0.29, 0.717) is 11.6 Å². The number of thiazole rings is 1. The number of phenols is 1. The standard InChI is InChI=1S/C21H23N5O2S/c1-14-23-19(12-20(24-14)26-9-7-16(27)8-10-26)25-21-22-13-18(29-21)6-5-15-3-2-4-17(28)11-15/h2-6,11-13,16,27-28H,7-10H2,1H3,(H,22,23,24,25). The lowest BCUT2D eigenvalue weighted by atomic mass is 10.1. The second-order valence-corrected chi connectivity index (χ2v) is 8.06. The Morgan fingerprint density at radius 2 is 2.00 bits per heavy atom. The van der Waals surface area contributed by atoms with Gasteiger partial charge in [0.15, 0.2) is 5.13 Å². The zero-order valence-electron chi connectivity index (χ0n) is 16.1. The van der Waals surface area contributed by atoms with Gasteiger partial charge < -0.3 is 20.4 Å². The molecule has 8 heteroatoms. The number of piperidine rings is 1. The minimum absolute atomic E-state index is 0.214. The predicted molar refractivity (Wildman–Crippen MR) is 117 cm³/mol. The SMILES string of the molecule is Cc1nc(Nc2ncc(C=Cc3cccc(O)c3)s2)cc(N2CCC(O)CC2)n1. The van der Waals surface area contributed by atoms with Gasteiger partial charge in [-0.2, -0.15) is 0 Å². The summed E-state index contributed by atoms with van der Waals surface area (Å²) < 4.78 is 0. The van der Waals surface area contributed by atoms with Crippen LogP contribution in [0.5, 0.6) is 5.75 Å². The number of rotatable bonds is 5. The Kier molecular flexibility index (Phi) is 5.73. The topological polar surface area (TPSA) is 94.4 Å². The van der Waals surface area contributed by atoms with Gasteiger partial charge in [-0.1, -0.05) is 29.5 Å². The molecule has 0 bridgehead atoms. The molecule has 1 aliphatic rings. The van der Waals surface area contributed by atoms with Gasteiger partial charge in [-0.05, 0) is 43.5 Å². The van der Waals surface area contributed by atoms with Crippen molar-refractivity contribution in [3.8, 4) is 5.75 Å². The van der Waals surface area contributed by atoms with Gasteiger partial charge in [0.1, 0.15) is 23.2 Å². The van der Waals surface area contributed by atoms with E-state index in [2.05, 4.69) is 25.2 Å². The molecule has 0 spiro atoms. The molecule has 3 N–H and O–H groups in total. The predicted octanol–water partition coefficient (Wildman–Crippen LogP) is 3.82. The van der Waals surface area contributed by atoms with Crippen LogP contribution in [-0.2, 0) is 0 Å². The van der Waals surface area contributed by atoms with Crippen LogP contribution in [-0.4, -0.2) is 44.4 Å². The number of anilines is 3. The van der Waals surface area contributed by atoms with E-state index < -0.39 is 0 Å². The summed E-state index contributed by atoms with van der Waals surface area (Å²) in [6.07, 6.45) is 7.00. The third kappa shape index (κ3) is 5.10. The molecule has 1 aliphatic heterocycles. The summed E-state index contributed by atoms with van der Waals surface area (Å²) in [6.45, 7) is 3.45. The van der Waals surface area contributed by atoms with Crippen LogP contribution in [0.4, 0.5) is 16.8 Å². The van der Waals surface area contributed by atoms with Crippen molar-refractivity contribution in [3.63, 3.8) is 0 Å². The van der Waals surface area contributed by atoms with Crippen molar-refractivity contribution in [3.05, 3.63) is 52.8 Å². The Balaban J connectivity index is 1.46. The summed E-state index contributed by atoms with van der Waals surface area (Å²) in [4.78, 5) is 16.6. The van der Waals surface area contributed by atoms with Crippen molar-refractivity contribution >= 4 is 40.3 Å². The maximum Gasteiger partial charge on any atom is 0.188 e. The van der Waals surface area contributed by atoms with Gasteiger partial charge >= 0.3 is 0 Å². The van der Waals surface area contributed by atoms with Crippen LogP contribution in [0, 0.1) is 6.92 Å². The first-order valence-electron chi connectivity index (χ1n) is 9.54. The molecule has 7 nitrogen and oxygen atoms in total. The molecule has 2 aromatic heterocycles. The van der Waals surface area contributed by atoms with Crippen LogP contribution < -0.4 is 10.2 Å². The highest BCUT2D eigenvalue weighted by molar-refractivity contribution is 7.16. The van der Waals surface area contributed by atoms with E-state index >= 15 is 0 Å². The molecule has 29 heavy (non-hydrogen) atoms. The van der Waals surface area contributed by atoms with Crippen molar-refractivity contribution < 1.29 is 10.2 Å². The average Bonchev–Trinajstić information content (AvgIpc) is 3.14. The number of aliphatic hydroxyl groups is 1. The molecule has 1 aromatic carbocycles. The Bertz CT molecular complexity index is 1010. The van der Waals surface area contributed by atoms with E-state index in [1.807, 2.05) is 37.3 Å². The third-order valence-corrected chi connectivity index (χ3v) is 5.56. The quantitative estimate of drug-likeness (QED) is 0.590. The Morgan fingerprint density at radius 1 is 1.17 bits per heavy atom. The van der Waals surface area contributed by atoms with Crippen LogP contribution >= 0.6 is 11.3 Å². The van der Waals surface area contributed by atoms with Crippen molar-refractivity contribution in [2.24, 2.45) is 0 Å². The first-order chi connectivity index (χ1) is 14.0. The van der Waals surface area contributed by atoms with Gasteiger partial charge in [0, 0.05) is 30.2 Å². The van der Waals surface area contributed by atoms with Crippen molar-refractivity contribution in [2.75, 3.05) is 23.3 Å². The molecule has 0 atom stereocenters. The molecule has 0 unspecified atom stereocenters. The Morgan fingerprint density at radius 3 is 2.79 bits per heavy atom. The number of nitrogens with zero attached hydrogens (tertiary/aromatic N) is 4. The monoisotopic (exact) mass is 409 g/mol. The van der Waals surface area contributed by atoms with Crippen LogP contribution in [0.15, 0.2) is 36.5 Å². The minimum atomic E-state index is -0.214. The Hall–Kier alpha value is -2.97. The normalized spacial score (nSPS) is 15.2. The fourth-order valence-electron chi connectivity index (χ4n) is 3.21. The lowest BCUT2D eigenvalue weighted by Crippen LogP contribution is -2.36. The minimum Gasteiger partial charge on any atom is -0.508 e. The highest BCUT2D eigenvalue weighted by Gasteiger charge is 2.19. The average molecular weight is 410 g/mol. The molecule has 0 saturated carbocycles. The van der Waals surface area contributed by atoms with E-state index in [1.165, 1.54) is 11.3 Å². The van der Waals surface area contributed by atoms with Gasteiger partial charge in [-0.15, -0.1) is 0 Å². The third-order valence-electron chi connectivity index (χ3n) is 4.68. The summed E-state index contributed by atoms with van der Waals surface area (Å²) in [5.74, 6) is 2.51. The molecular weight excluding hydrogens is 386 g/mol.